The first-order valence-electron chi connectivity index (χ1n) is 6.55. The number of hydrogen-bond donors (Lipinski definition) is 1. The smallest absolute Gasteiger partial charge is 0.268 e. The van der Waals surface area contributed by atoms with Crippen molar-refractivity contribution in [2.24, 2.45) is 5.16 Å². The standard InChI is InChI=1S/C15H9BrCl2N2O3S/c16-12-7-13(17)14(18)15-11(12)6-9(8-19-21)20(15)24(22,23)10-4-2-1-3-5-10/h1-8,21H/b19-8+. The fraction of sp³-hybridized carbons (Fsp3) is 0. The summed E-state index contributed by atoms with van der Waals surface area (Å²) in [5.74, 6) is 0. The second-order valence-corrected chi connectivity index (χ2v) is 8.24. The van der Waals surface area contributed by atoms with Gasteiger partial charge in [-0.2, -0.15) is 0 Å². The Hall–Kier alpha value is -1.54. The predicted molar refractivity (Wildman–Crippen MR) is 98.1 cm³/mol. The molecule has 0 bridgehead atoms. The second-order valence-electron chi connectivity index (χ2n) is 4.81. The molecule has 0 fully saturated rings. The first kappa shape index (κ1) is 17.3. The molecule has 1 aromatic heterocycles. The number of benzene rings is 2. The van der Waals surface area contributed by atoms with Gasteiger partial charge in [-0.05, 0) is 24.3 Å². The van der Waals surface area contributed by atoms with Gasteiger partial charge in [0.2, 0.25) is 0 Å². The van der Waals surface area contributed by atoms with Crippen molar-refractivity contribution in [2.45, 2.75) is 4.90 Å². The molecule has 1 N–H and O–H groups in total. The summed E-state index contributed by atoms with van der Waals surface area (Å²) >= 11 is 15.7. The van der Waals surface area contributed by atoms with Crippen LogP contribution in [0.1, 0.15) is 5.69 Å². The summed E-state index contributed by atoms with van der Waals surface area (Å²) in [7, 11) is -3.98. The van der Waals surface area contributed by atoms with E-state index in [9.17, 15) is 8.42 Å². The molecule has 0 saturated heterocycles. The van der Waals surface area contributed by atoms with Crippen LogP contribution in [0.25, 0.3) is 10.9 Å². The van der Waals surface area contributed by atoms with Crippen LogP contribution in [0.3, 0.4) is 0 Å². The average molecular weight is 448 g/mol. The van der Waals surface area contributed by atoms with Gasteiger partial charge < -0.3 is 5.21 Å². The molecular formula is C15H9BrCl2N2O3S. The van der Waals surface area contributed by atoms with E-state index in [1.807, 2.05) is 0 Å². The molecule has 0 saturated carbocycles. The first-order valence-corrected chi connectivity index (χ1v) is 9.54. The van der Waals surface area contributed by atoms with E-state index in [0.717, 1.165) is 10.2 Å². The predicted octanol–water partition coefficient (Wildman–Crippen LogP) is 4.76. The number of fused-ring (bicyclic) bond motifs is 1. The van der Waals surface area contributed by atoms with Crippen LogP contribution < -0.4 is 0 Å². The molecule has 9 heteroatoms. The molecule has 0 unspecified atom stereocenters. The Kier molecular flexibility index (Phi) is 4.61. The lowest BCUT2D eigenvalue weighted by atomic mass is 10.2. The molecular weight excluding hydrogens is 439 g/mol. The summed E-state index contributed by atoms with van der Waals surface area (Å²) < 4.78 is 27.7. The minimum absolute atomic E-state index is 0.0715. The van der Waals surface area contributed by atoms with E-state index in [1.54, 1.807) is 30.3 Å². The maximum atomic E-state index is 13.1. The highest BCUT2D eigenvalue weighted by molar-refractivity contribution is 9.10. The van der Waals surface area contributed by atoms with E-state index in [2.05, 4.69) is 21.1 Å². The van der Waals surface area contributed by atoms with Crippen molar-refractivity contribution in [3.63, 3.8) is 0 Å². The van der Waals surface area contributed by atoms with E-state index in [0.29, 0.717) is 9.86 Å². The number of oxime groups is 1. The maximum Gasteiger partial charge on any atom is 0.268 e. The fourth-order valence-corrected chi connectivity index (χ4v) is 5.05. The van der Waals surface area contributed by atoms with Crippen molar-refractivity contribution >= 4 is 66.3 Å². The van der Waals surface area contributed by atoms with Crippen molar-refractivity contribution in [3.8, 4) is 0 Å². The largest absolute Gasteiger partial charge is 0.411 e. The van der Waals surface area contributed by atoms with Crippen molar-refractivity contribution in [1.82, 2.24) is 3.97 Å². The Morgan fingerprint density at radius 3 is 2.46 bits per heavy atom. The Labute approximate surface area is 156 Å². The highest BCUT2D eigenvalue weighted by atomic mass is 79.9. The van der Waals surface area contributed by atoms with Gasteiger partial charge in [-0.15, -0.1) is 0 Å². The second kappa shape index (κ2) is 6.40. The summed E-state index contributed by atoms with van der Waals surface area (Å²) in [5.41, 5.74) is 0.344. The zero-order valence-electron chi connectivity index (χ0n) is 11.8. The van der Waals surface area contributed by atoms with E-state index >= 15 is 0 Å². The van der Waals surface area contributed by atoms with Crippen LogP contribution in [0.5, 0.6) is 0 Å². The highest BCUT2D eigenvalue weighted by Gasteiger charge is 2.26. The molecule has 1 heterocycles. The normalized spacial score (nSPS) is 12.3. The van der Waals surface area contributed by atoms with Crippen molar-refractivity contribution in [2.75, 3.05) is 0 Å². The molecule has 0 aliphatic heterocycles. The van der Waals surface area contributed by atoms with Crippen molar-refractivity contribution < 1.29 is 13.6 Å². The molecule has 0 aliphatic rings. The molecule has 124 valence electrons. The molecule has 5 nitrogen and oxygen atoms in total. The van der Waals surface area contributed by atoms with E-state index in [4.69, 9.17) is 28.4 Å². The summed E-state index contributed by atoms with van der Waals surface area (Å²) in [4.78, 5) is 0.0715. The van der Waals surface area contributed by atoms with Crippen LogP contribution in [-0.4, -0.2) is 23.8 Å². The lowest BCUT2D eigenvalue weighted by Gasteiger charge is -2.11. The molecule has 24 heavy (non-hydrogen) atoms. The Bertz CT molecular complexity index is 1060. The fourth-order valence-electron chi connectivity index (χ4n) is 2.37. The topological polar surface area (TPSA) is 71.7 Å². The molecule has 0 amide bonds. The van der Waals surface area contributed by atoms with Gasteiger partial charge in [-0.3, -0.25) is 0 Å². The molecule has 0 radical (unpaired) electrons. The van der Waals surface area contributed by atoms with Gasteiger partial charge in [-0.1, -0.05) is 62.5 Å². The SMILES string of the molecule is O=S(=O)(c1ccccc1)n1c(/C=N/O)cc2c(Br)cc(Cl)c(Cl)c21. The monoisotopic (exact) mass is 446 g/mol. The highest BCUT2D eigenvalue weighted by Crippen LogP contribution is 2.39. The van der Waals surface area contributed by atoms with Crippen LogP contribution in [0.15, 0.2) is 57.0 Å². The van der Waals surface area contributed by atoms with E-state index in [1.165, 1.54) is 12.1 Å². The third-order valence-electron chi connectivity index (χ3n) is 3.38. The first-order chi connectivity index (χ1) is 11.4. The van der Waals surface area contributed by atoms with Crippen LogP contribution >= 0.6 is 39.1 Å². The van der Waals surface area contributed by atoms with Crippen molar-refractivity contribution in [1.29, 1.82) is 0 Å². The Morgan fingerprint density at radius 1 is 1.17 bits per heavy atom. The summed E-state index contributed by atoms with van der Waals surface area (Å²) in [5, 5.41) is 12.7. The quantitative estimate of drug-likeness (QED) is 0.272. The number of rotatable bonds is 3. The van der Waals surface area contributed by atoms with Crippen LogP contribution in [0.4, 0.5) is 0 Å². The molecule has 0 atom stereocenters. The average Bonchev–Trinajstić information content (AvgIpc) is 2.95. The number of halogens is 3. The minimum Gasteiger partial charge on any atom is -0.411 e. The lowest BCUT2D eigenvalue weighted by molar-refractivity contribution is 0.321. The van der Waals surface area contributed by atoms with Crippen LogP contribution in [-0.2, 0) is 10.0 Å². The van der Waals surface area contributed by atoms with E-state index in [-0.39, 0.29) is 26.2 Å². The van der Waals surface area contributed by atoms with E-state index < -0.39 is 10.0 Å². The molecule has 3 aromatic rings. The third-order valence-corrected chi connectivity index (χ3v) is 6.56. The summed E-state index contributed by atoms with van der Waals surface area (Å²) in [6, 6.07) is 11.0. The molecule has 2 aromatic carbocycles. The molecule has 0 aliphatic carbocycles. The zero-order chi connectivity index (χ0) is 17.5. The maximum absolute atomic E-state index is 13.1. The van der Waals surface area contributed by atoms with Crippen LogP contribution in [0.2, 0.25) is 10.0 Å². The van der Waals surface area contributed by atoms with Gasteiger partial charge in [0, 0.05) is 9.86 Å². The Morgan fingerprint density at radius 2 is 1.83 bits per heavy atom. The van der Waals surface area contributed by atoms with Gasteiger partial charge in [0.15, 0.2) is 0 Å². The number of nitrogens with zero attached hydrogens (tertiary/aromatic N) is 2. The van der Waals surface area contributed by atoms with Crippen molar-refractivity contribution in [3.05, 3.63) is 62.7 Å². The van der Waals surface area contributed by atoms with Crippen LogP contribution in [0, 0.1) is 0 Å². The van der Waals surface area contributed by atoms with Gasteiger partial charge in [0.25, 0.3) is 10.0 Å². The number of hydrogen-bond acceptors (Lipinski definition) is 4. The number of aromatic nitrogens is 1. The van der Waals surface area contributed by atoms with Gasteiger partial charge >= 0.3 is 0 Å². The molecule has 0 spiro atoms. The zero-order valence-corrected chi connectivity index (χ0v) is 15.7. The Balaban J connectivity index is 2.49. The minimum atomic E-state index is -3.98. The summed E-state index contributed by atoms with van der Waals surface area (Å²) in [6.07, 6.45) is 1.02. The van der Waals surface area contributed by atoms with Gasteiger partial charge in [-0.25, -0.2) is 12.4 Å². The molecule has 3 rings (SSSR count). The third kappa shape index (κ3) is 2.71. The van der Waals surface area contributed by atoms with Gasteiger partial charge in [0.05, 0.1) is 32.4 Å². The van der Waals surface area contributed by atoms with Gasteiger partial charge in [0.1, 0.15) is 0 Å². The summed E-state index contributed by atoms with van der Waals surface area (Å²) in [6.45, 7) is 0. The lowest BCUT2D eigenvalue weighted by Crippen LogP contribution is -2.15.